The van der Waals surface area contributed by atoms with Crippen LogP contribution in [0, 0.1) is 0 Å². The minimum absolute atomic E-state index is 0.0540. The molecule has 1 aliphatic rings. The number of nitrogens with zero attached hydrogens (tertiary/aromatic N) is 1. The van der Waals surface area contributed by atoms with Crippen molar-refractivity contribution in [3.05, 3.63) is 35.9 Å². The van der Waals surface area contributed by atoms with Crippen molar-refractivity contribution < 1.29 is 9.90 Å². The Hall–Kier alpha value is -1.35. The summed E-state index contributed by atoms with van der Waals surface area (Å²) in [7, 11) is 0. The van der Waals surface area contributed by atoms with Crippen LogP contribution in [0.4, 0.5) is 0 Å². The van der Waals surface area contributed by atoms with E-state index in [1.807, 2.05) is 35.2 Å². The van der Waals surface area contributed by atoms with Gasteiger partial charge in [-0.15, -0.1) is 0 Å². The fourth-order valence-corrected chi connectivity index (χ4v) is 2.39. The van der Waals surface area contributed by atoms with Crippen molar-refractivity contribution in [3.8, 4) is 0 Å². The lowest BCUT2D eigenvalue weighted by atomic mass is 10.1. The molecule has 3 nitrogen and oxygen atoms in total. The van der Waals surface area contributed by atoms with Gasteiger partial charge in [0.2, 0.25) is 5.91 Å². The number of likely N-dealkylation sites (tertiary alicyclic amines) is 1. The minimum atomic E-state index is 0.0540. The summed E-state index contributed by atoms with van der Waals surface area (Å²) in [6, 6.07) is 10.1. The summed E-state index contributed by atoms with van der Waals surface area (Å²) in [5.41, 5.74) is 1.19. The van der Waals surface area contributed by atoms with Crippen LogP contribution in [-0.2, 0) is 11.2 Å². The first-order valence-corrected chi connectivity index (χ1v) is 6.25. The summed E-state index contributed by atoms with van der Waals surface area (Å²) in [6.45, 7) is 0.899. The predicted molar refractivity (Wildman–Crippen MR) is 66.6 cm³/mol. The molecule has 1 fully saturated rings. The number of hydrogen-bond donors (Lipinski definition) is 1. The molecule has 2 rings (SSSR count). The highest BCUT2D eigenvalue weighted by molar-refractivity contribution is 5.77. The molecular weight excluding hydrogens is 214 g/mol. The zero-order valence-electron chi connectivity index (χ0n) is 10.0. The molecule has 92 valence electrons. The standard InChI is InChI=1S/C14H19NO2/c16-11-13-7-4-10-15(13)14(17)9-8-12-5-2-1-3-6-12/h1-3,5-6,13,16H,4,7-11H2/t13-/m0/s1. The Bertz CT molecular complexity index is 364. The van der Waals surface area contributed by atoms with Gasteiger partial charge in [0.05, 0.1) is 12.6 Å². The average molecular weight is 233 g/mol. The fourth-order valence-electron chi connectivity index (χ4n) is 2.39. The van der Waals surface area contributed by atoms with E-state index in [0.717, 1.165) is 25.8 Å². The number of aliphatic hydroxyl groups is 1. The van der Waals surface area contributed by atoms with Gasteiger partial charge in [-0.25, -0.2) is 0 Å². The summed E-state index contributed by atoms with van der Waals surface area (Å²) in [5.74, 6) is 0.172. The van der Waals surface area contributed by atoms with Gasteiger partial charge in [0.15, 0.2) is 0 Å². The monoisotopic (exact) mass is 233 g/mol. The van der Waals surface area contributed by atoms with Crippen molar-refractivity contribution in [2.45, 2.75) is 31.7 Å². The van der Waals surface area contributed by atoms with E-state index in [9.17, 15) is 9.90 Å². The lowest BCUT2D eigenvalue weighted by Gasteiger charge is -2.23. The second-order valence-corrected chi connectivity index (χ2v) is 4.55. The molecule has 17 heavy (non-hydrogen) atoms. The highest BCUT2D eigenvalue weighted by atomic mass is 16.3. The van der Waals surface area contributed by atoms with E-state index in [4.69, 9.17) is 0 Å². The number of benzene rings is 1. The highest BCUT2D eigenvalue weighted by Gasteiger charge is 2.27. The fraction of sp³-hybridized carbons (Fsp3) is 0.500. The number of aryl methyl sites for hydroxylation is 1. The van der Waals surface area contributed by atoms with Crippen LogP contribution in [0.3, 0.4) is 0 Å². The van der Waals surface area contributed by atoms with Gasteiger partial charge in [-0.05, 0) is 24.8 Å². The quantitative estimate of drug-likeness (QED) is 0.858. The Morgan fingerprint density at radius 2 is 2.12 bits per heavy atom. The molecule has 1 N–H and O–H groups in total. The first-order valence-electron chi connectivity index (χ1n) is 6.25. The van der Waals surface area contributed by atoms with E-state index in [-0.39, 0.29) is 18.6 Å². The molecule has 0 aromatic heterocycles. The molecule has 0 bridgehead atoms. The van der Waals surface area contributed by atoms with E-state index in [2.05, 4.69) is 0 Å². The molecule has 1 aromatic carbocycles. The molecule has 0 unspecified atom stereocenters. The van der Waals surface area contributed by atoms with Gasteiger partial charge in [0.25, 0.3) is 0 Å². The second-order valence-electron chi connectivity index (χ2n) is 4.55. The van der Waals surface area contributed by atoms with Crippen LogP contribution in [-0.4, -0.2) is 35.1 Å². The molecule has 1 aliphatic heterocycles. The summed E-state index contributed by atoms with van der Waals surface area (Å²) < 4.78 is 0. The van der Waals surface area contributed by atoms with Crippen molar-refractivity contribution >= 4 is 5.91 Å². The van der Waals surface area contributed by atoms with Gasteiger partial charge < -0.3 is 10.0 Å². The Morgan fingerprint density at radius 1 is 1.35 bits per heavy atom. The highest BCUT2D eigenvalue weighted by Crippen LogP contribution is 2.18. The minimum Gasteiger partial charge on any atom is -0.394 e. The SMILES string of the molecule is O=C(CCc1ccccc1)N1CCC[C@H]1CO. The maximum absolute atomic E-state index is 12.0. The van der Waals surface area contributed by atoms with Crippen molar-refractivity contribution in [2.75, 3.05) is 13.2 Å². The first-order chi connectivity index (χ1) is 8.31. The van der Waals surface area contributed by atoms with E-state index in [1.165, 1.54) is 5.56 Å². The number of carbonyl (C=O) groups is 1. The molecule has 1 atom stereocenters. The Labute approximate surface area is 102 Å². The summed E-state index contributed by atoms with van der Waals surface area (Å²) in [6.07, 6.45) is 3.28. The first kappa shape index (κ1) is 12.1. The summed E-state index contributed by atoms with van der Waals surface area (Å²) in [5, 5.41) is 9.18. The number of aliphatic hydroxyl groups excluding tert-OH is 1. The lowest BCUT2D eigenvalue weighted by Crippen LogP contribution is -2.37. The van der Waals surface area contributed by atoms with E-state index in [0.29, 0.717) is 6.42 Å². The van der Waals surface area contributed by atoms with Gasteiger partial charge in [-0.3, -0.25) is 4.79 Å². The van der Waals surface area contributed by atoms with Gasteiger partial charge in [-0.2, -0.15) is 0 Å². The molecule has 0 spiro atoms. The molecule has 0 saturated carbocycles. The largest absolute Gasteiger partial charge is 0.394 e. The Morgan fingerprint density at radius 3 is 2.82 bits per heavy atom. The third-order valence-corrected chi connectivity index (χ3v) is 3.38. The van der Waals surface area contributed by atoms with Crippen molar-refractivity contribution in [1.82, 2.24) is 4.90 Å². The maximum atomic E-state index is 12.0. The predicted octanol–water partition coefficient (Wildman–Crippen LogP) is 1.60. The smallest absolute Gasteiger partial charge is 0.223 e. The maximum Gasteiger partial charge on any atom is 0.223 e. The topological polar surface area (TPSA) is 40.5 Å². The molecule has 1 heterocycles. The van der Waals surface area contributed by atoms with Gasteiger partial charge in [0, 0.05) is 13.0 Å². The van der Waals surface area contributed by atoms with Crippen LogP contribution in [0.1, 0.15) is 24.8 Å². The Balaban J connectivity index is 1.85. The van der Waals surface area contributed by atoms with Crippen LogP contribution < -0.4 is 0 Å². The number of hydrogen-bond acceptors (Lipinski definition) is 2. The number of rotatable bonds is 4. The van der Waals surface area contributed by atoms with Crippen LogP contribution in [0.15, 0.2) is 30.3 Å². The summed E-state index contributed by atoms with van der Waals surface area (Å²) in [4.78, 5) is 13.8. The van der Waals surface area contributed by atoms with E-state index >= 15 is 0 Å². The van der Waals surface area contributed by atoms with Crippen molar-refractivity contribution in [2.24, 2.45) is 0 Å². The molecule has 1 aromatic rings. The summed E-state index contributed by atoms with van der Waals surface area (Å²) >= 11 is 0. The van der Waals surface area contributed by atoms with Crippen LogP contribution in [0.5, 0.6) is 0 Å². The number of amides is 1. The van der Waals surface area contributed by atoms with E-state index < -0.39 is 0 Å². The van der Waals surface area contributed by atoms with Crippen LogP contribution in [0.25, 0.3) is 0 Å². The van der Waals surface area contributed by atoms with Gasteiger partial charge >= 0.3 is 0 Å². The van der Waals surface area contributed by atoms with Crippen LogP contribution in [0.2, 0.25) is 0 Å². The average Bonchev–Trinajstić information content (AvgIpc) is 2.85. The van der Waals surface area contributed by atoms with E-state index in [1.54, 1.807) is 0 Å². The molecule has 1 saturated heterocycles. The lowest BCUT2D eigenvalue weighted by molar-refractivity contribution is -0.132. The van der Waals surface area contributed by atoms with Crippen molar-refractivity contribution in [1.29, 1.82) is 0 Å². The Kier molecular flexibility index (Phi) is 4.15. The normalized spacial score (nSPS) is 19.6. The molecular formula is C14H19NO2. The second kappa shape index (κ2) is 5.82. The zero-order valence-corrected chi connectivity index (χ0v) is 10.0. The third kappa shape index (κ3) is 3.07. The van der Waals surface area contributed by atoms with Crippen LogP contribution >= 0.6 is 0 Å². The van der Waals surface area contributed by atoms with Crippen molar-refractivity contribution in [3.63, 3.8) is 0 Å². The molecule has 1 amide bonds. The molecule has 0 aliphatic carbocycles. The van der Waals surface area contributed by atoms with Gasteiger partial charge in [-0.1, -0.05) is 30.3 Å². The zero-order chi connectivity index (χ0) is 12.1. The molecule has 0 radical (unpaired) electrons. The third-order valence-electron chi connectivity index (χ3n) is 3.38. The molecule has 3 heteroatoms. The van der Waals surface area contributed by atoms with Gasteiger partial charge in [0.1, 0.15) is 0 Å². The number of carbonyl (C=O) groups excluding carboxylic acids is 1.